The highest BCUT2D eigenvalue weighted by molar-refractivity contribution is 5.44. The predicted molar refractivity (Wildman–Crippen MR) is 79.2 cm³/mol. The molecule has 0 radical (unpaired) electrons. The van der Waals surface area contributed by atoms with Crippen LogP contribution in [0.1, 0.15) is 16.7 Å². The molecule has 2 aromatic carbocycles. The molecule has 3 rings (SSSR count). The summed E-state index contributed by atoms with van der Waals surface area (Å²) in [4.78, 5) is 0. The van der Waals surface area contributed by atoms with E-state index >= 15 is 0 Å². The van der Waals surface area contributed by atoms with Crippen LogP contribution in [0.5, 0.6) is 11.5 Å². The quantitative estimate of drug-likeness (QED) is 0.846. The first-order valence-electron chi connectivity index (χ1n) is 6.96. The van der Waals surface area contributed by atoms with Crippen molar-refractivity contribution in [2.45, 2.75) is 19.9 Å². The van der Waals surface area contributed by atoms with Crippen LogP contribution < -0.4 is 14.8 Å². The molecule has 104 valence electrons. The molecule has 0 atom stereocenters. The van der Waals surface area contributed by atoms with E-state index in [1.165, 1.54) is 16.7 Å². The van der Waals surface area contributed by atoms with Crippen LogP contribution in [0.15, 0.2) is 42.5 Å². The monoisotopic (exact) mass is 269 g/mol. The molecule has 0 saturated carbocycles. The van der Waals surface area contributed by atoms with Gasteiger partial charge in [-0.25, -0.2) is 0 Å². The maximum absolute atomic E-state index is 5.39. The minimum absolute atomic E-state index is 0.338. The molecule has 1 aliphatic rings. The lowest BCUT2D eigenvalue weighted by atomic mass is 10.1. The topological polar surface area (TPSA) is 30.5 Å². The Morgan fingerprint density at radius 3 is 2.80 bits per heavy atom. The molecule has 0 bridgehead atoms. The van der Waals surface area contributed by atoms with Crippen LogP contribution >= 0.6 is 0 Å². The van der Waals surface area contributed by atoms with E-state index in [0.29, 0.717) is 6.79 Å². The Morgan fingerprint density at radius 2 is 1.90 bits per heavy atom. The number of nitrogens with one attached hydrogen (secondary N) is 1. The maximum Gasteiger partial charge on any atom is 0.231 e. The van der Waals surface area contributed by atoms with Gasteiger partial charge in [0.05, 0.1) is 0 Å². The van der Waals surface area contributed by atoms with E-state index in [-0.39, 0.29) is 0 Å². The van der Waals surface area contributed by atoms with Gasteiger partial charge >= 0.3 is 0 Å². The average Bonchev–Trinajstić information content (AvgIpc) is 2.91. The third-order valence-electron chi connectivity index (χ3n) is 3.44. The van der Waals surface area contributed by atoms with Crippen LogP contribution in [0.25, 0.3) is 0 Å². The largest absolute Gasteiger partial charge is 0.454 e. The average molecular weight is 269 g/mol. The van der Waals surface area contributed by atoms with Crippen molar-refractivity contribution in [3.8, 4) is 11.5 Å². The second-order valence-electron chi connectivity index (χ2n) is 5.10. The second kappa shape index (κ2) is 5.97. The highest BCUT2D eigenvalue weighted by atomic mass is 16.7. The van der Waals surface area contributed by atoms with Gasteiger partial charge in [-0.1, -0.05) is 35.9 Å². The highest BCUT2D eigenvalue weighted by Crippen LogP contribution is 2.32. The van der Waals surface area contributed by atoms with E-state index in [1.54, 1.807) is 0 Å². The smallest absolute Gasteiger partial charge is 0.231 e. The van der Waals surface area contributed by atoms with Crippen molar-refractivity contribution in [1.82, 2.24) is 5.32 Å². The normalized spacial score (nSPS) is 12.7. The van der Waals surface area contributed by atoms with Gasteiger partial charge in [0.1, 0.15) is 0 Å². The highest BCUT2D eigenvalue weighted by Gasteiger charge is 2.12. The van der Waals surface area contributed by atoms with E-state index in [1.807, 2.05) is 6.07 Å². The Morgan fingerprint density at radius 1 is 1.00 bits per heavy atom. The lowest BCUT2D eigenvalue weighted by Gasteiger charge is -2.06. The molecular weight excluding hydrogens is 250 g/mol. The van der Waals surface area contributed by atoms with E-state index in [4.69, 9.17) is 9.47 Å². The SMILES string of the molecule is Cc1cccc(CNCCc2ccc3c(c2)OCO3)c1. The molecule has 0 amide bonds. The number of rotatable bonds is 5. The number of benzene rings is 2. The standard InChI is InChI=1S/C17H19NO2/c1-13-3-2-4-15(9-13)11-18-8-7-14-5-6-16-17(10-14)20-12-19-16/h2-6,9-10,18H,7-8,11-12H2,1H3. The van der Waals surface area contributed by atoms with Crippen molar-refractivity contribution < 1.29 is 9.47 Å². The van der Waals surface area contributed by atoms with E-state index in [9.17, 15) is 0 Å². The van der Waals surface area contributed by atoms with Gasteiger partial charge in [0.15, 0.2) is 11.5 Å². The van der Waals surface area contributed by atoms with Gasteiger partial charge in [0.2, 0.25) is 6.79 Å². The first-order chi connectivity index (χ1) is 9.81. The fourth-order valence-corrected chi connectivity index (χ4v) is 2.38. The molecule has 3 nitrogen and oxygen atoms in total. The Bertz CT molecular complexity index is 595. The van der Waals surface area contributed by atoms with Gasteiger partial charge in [0.25, 0.3) is 0 Å². The molecule has 1 aliphatic heterocycles. The van der Waals surface area contributed by atoms with E-state index < -0.39 is 0 Å². The summed E-state index contributed by atoms with van der Waals surface area (Å²) in [6, 6.07) is 14.7. The Kier molecular flexibility index (Phi) is 3.88. The zero-order chi connectivity index (χ0) is 13.8. The summed E-state index contributed by atoms with van der Waals surface area (Å²) < 4.78 is 10.7. The predicted octanol–water partition coefficient (Wildman–Crippen LogP) is 3.06. The first-order valence-corrected chi connectivity index (χ1v) is 6.96. The minimum Gasteiger partial charge on any atom is -0.454 e. The molecule has 0 aromatic heterocycles. The van der Waals surface area contributed by atoms with Crippen LogP contribution in [0.2, 0.25) is 0 Å². The van der Waals surface area contributed by atoms with Crippen LogP contribution in [0.4, 0.5) is 0 Å². The maximum atomic E-state index is 5.39. The van der Waals surface area contributed by atoms with Crippen molar-refractivity contribution in [1.29, 1.82) is 0 Å². The molecule has 0 unspecified atom stereocenters. The molecular formula is C17H19NO2. The summed E-state index contributed by atoms with van der Waals surface area (Å²) in [5.41, 5.74) is 3.90. The number of fused-ring (bicyclic) bond motifs is 1. The van der Waals surface area contributed by atoms with Crippen molar-refractivity contribution in [2.24, 2.45) is 0 Å². The molecule has 20 heavy (non-hydrogen) atoms. The van der Waals surface area contributed by atoms with Gasteiger partial charge in [-0.15, -0.1) is 0 Å². The Balaban J connectivity index is 1.48. The molecule has 1 heterocycles. The number of hydrogen-bond donors (Lipinski definition) is 1. The van der Waals surface area contributed by atoms with Crippen LogP contribution in [-0.4, -0.2) is 13.3 Å². The number of hydrogen-bond acceptors (Lipinski definition) is 3. The molecule has 0 spiro atoms. The molecule has 2 aromatic rings. The van der Waals surface area contributed by atoms with Crippen molar-refractivity contribution in [3.05, 3.63) is 59.2 Å². The molecule has 1 N–H and O–H groups in total. The number of aryl methyl sites for hydroxylation is 1. The summed E-state index contributed by atoms with van der Waals surface area (Å²) in [5, 5.41) is 3.47. The van der Waals surface area contributed by atoms with Gasteiger partial charge in [0, 0.05) is 6.54 Å². The summed E-state index contributed by atoms with van der Waals surface area (Å²) in [6.07, 6.45) is 0.989. The van der Waals surface area contributed by atoms with E-state index in [0.717, 1.165) is 31.0 Å². The summed E-state index contributed by atoms with van der Waals surface area (Å²) >= 11 is 0. The van der Waals surface area contributed by atoms with Crippen LogP contribution in [0.3, 0.4) is 0 Å². The molecule has 0 aliphatic carbocycles. The van der Waals surface area contributed by atoms with Gasteiger partial charge in [-0.05, 0) is 43.1 Å². The summed E-state index contributed by atoms with van der Waals surface area (Å²) in [5.74, 6) is 1.71. The Labute approximate surface area is 119 Å². The van der Waals surface area contributed by atoms with Gasteiger partial charge < -0.3 is 14.8 Å². The first kappa shape index (κ1) is 13.0. The fourth-order valence-electron chi connectivity index (χ4n) is 2.38. The van der Waals surface area contributed by atoms with Gasteiger partial charge in [-0.3, -0.25) is 0 Å². The van der Waals surface area contributed by atoms with Crippen LogP contribution in [-0.2, 0) is 13.0 Å². The van der Waals surface area contributed by atoms with E-state index in [2.05, 4.69) is 48.6 Å². The van der Waals surface area contributed by atoms with Crippen molar-refractivity contribution >= 4 is 0 Å². The minimum atomic E-state index is 0.338. The third-order valence-corrected chi connectivity index (χ3v) is 3.44. The third kappa shape index (κ3) is 3.11. The zero-order valence-corrected chi connectivity index (χ0v) is 11.7. The second-order valence-corrected chi connectivity index (χ2v) is 5.10. The fraction of sp³-hybridized carbons (Fsp3) is 0.294. The molecule has 0 saturated heterocycles. The number of ether oxygens (including phenoxy) is 2. The van der Waals surface area contributed by atoms with Crippen molar-refractivity contribution in [3.63, 3.8) is 0 Å². The summed E-state index contributed by atoms with van der Waals surface area (Å²) in [6.45, 7) is 4.32. The van der Waals surface area contributed by atoms with Gasteiger partial charge in [-0.2, -0.15) is 0 Å². The lowest BCUT2D eigenvalue weighted by Crippen LogP contribution is -2.16. The van der Waals surface area contributed by atoms with Crippen molar-refractivity contribution in [2.75, 3.05) is 13.3 Å². The lowest BCUT2D eigenvalue weighted by molar-refractivity contribution is 0.174. The summed E-state index contributed by atoms with van der Waals surface area (Å²) in [7, 11) is 0. The molecule has 3 heteroatoms. The van der Waals surface area contributed by atoms with Crippen LogP contribution in [0, 0.1) is 6.92 Å². The Hall–Kier alpha value is -2.00. The molecule has 0 fully saturated rings. The zero-order valence-electron chi connectivity index (χ0n) is 11.7.